The molecular weight excluding hydrogens is 683 g/mol. The number of hydrogen-bond donors (Lipinski definition) is 3. The monoisotopic (exact) mass is 763 g/mol. The second-order valence-corrected chi connectivity index (χ2v) is 15.9. The second-order valence-electron chi connectivity index (χ2n) is 14.5. The van der Waals surface area contributed by atoms with Gasteiger partial charge in [0, 0.05) is 19.4 Å². The van der Waals surface area contributed by atoms with E-state index in [0.29, 0.717) is 6.42 Å². The van der Waals surface area contributed by atoms with E-state index >= 15 is 0 Å². The fraction of sp³-hybridized carbons (Fsp3) is 0.925. The van der Waals surface area contributed by atoms with Gasteiger partial charge < -0.3 is 25.4 Å². The normalized spacial score (nSPS) is 13.7. The summed E-state index contributed by atoms with van der Waals surface area (Å²) in [7, 11) is -4.53. The standard InChI is InChI=1S/C40H79N2O9P/c1-4-6-8-10-12-14-16-18-20-22-24-26-28-30-38(43)48-34-37(35-50-52(46,47)49-33-32-42-40(45)36(3)41)51-39(44)31-29-27-25-23-21-19-17-15-13-11-9-7-5-2/h36-37H,4-35,41H2,1-3H3,(H,42,45)(H,46,47)/t36-,37-/m1/s1. The number of amides is 1. The molecule has 0 saturated carbocycles. The second kappa shape index (κ2) is 36.5. The molecule has 0 aliphatic heterocycles. The number of carbonyl (C=O) groups is 3. The van der Waals surface area contributed by atoms with Gasteiger partial charge in [-0.25, -0.2) is 4.57 Å². The number of ether oxygens (including phenoxy) is 2. The molecule has 0 aliphatic carbocycles. The number of hydrogen-bond acceptors (Lipinski definition) is 9. The van der Waals surface area contributed by atoms with E-state index in [2.05, 4.69) is 19.2 Å². The predicted octanol–water partition coefficient (Wildman–Crippen LogP) is 10.0. The number of esters is 2. The van der Waals surface area contributed by atoms with Crippen molar-refractivity contribution in [2.75, 3.05) is 26.4 Å². The van der Waals surface area contributed by atoms with Gasteiger partial charge in [-0.2, -0.15) is 0 Å². The summed E-state index contributed by atoms with van der Waals surface area (Å²) in [6, 6.07) is -0.723. The van der Waals surface area contributed by atoms with Crippen molar-refractivity contribution in [2.24, 2.45) is 5.73 Å². The number of nitrogens with two attached hydrogens (primary N) is 1. The Labute approximate surface area is 317 Å². The smallest absolute Gasteiger partial charge is 0.462 e. The molecule has 0 aromatic rings. The maximum Gasteiger partial charge on any atom is 0.472 e. The van der Waals surface area contributed by atoms with E-state index in [1.54, 1.807) is 0 Å². The van der Waals surface area contributed by atoms with Crippen LogP contribution in [0.1, 0.15) is 201 Å². The third kappa shape index (κ3) is 35.5. The third-order valence-corrected chi connectivity index (χ3v) is 10.2. The molecule has 0 fully saturated rings. The fourth-order valence-corrected chi connectivity index (χ4v) is 6.66. The third-order valence-electron chi connectivity index (χ3n) is 9.19. The van der Waals surface area contributed by atoms with Crippen LogP contribution in [0, 0.1) is 0 Å². The molecule has 0 aromatic heterocycles. The minimum Gasteiger partial charge on any atom is -0.462 e. The van der Waals surface area contributed by atoms with Crippen LogP contribution in [0.5, 0.6) is 0 Å². The molecule has 0 aliphatic rings. The van der Waals surface area contributed by atoms with Crippen molar-refractivity contribution in [1.82, 2.24) is 5.32 Å². The summed E-state index contributed by atoms with van der Waals surface area (Å²) in [6.45, 7) is 4.90. The van der Waals surface area contributed by atoms with Crippen LogP contribution in [0.25, 0.3) is 0 Å². The number of unbranched alkanes of at least 4 members (excludes halogenated alkanes) is 24. The topological polar surface area (TPSA) is 163 Å². The Morgan fingerprint density at radius 2 is 0.981 bits per heavy atom. The van der Waals surface area contributed by atoms with Gasteiger partial charge in [0.05, 0.1) is 19.3 Å². The number of phosphoric ester groups is 1. The van der Waals surface area contributed by atoms with Crippen molar-refractivity contribution in [2.45, 2.75) is 213 Å². The van der Waals surface area contributed by atoms with Gasteiger partial charge in [0.15, 0.2) is 6.10 Å². The van der Waals surface area contributed by atoms with Crippen LogP contribution in [-0.2, 0) is 37.5 Å². The largest absolute Gasteiger partial charge is 0.472 e. The Morgan fingerprint density at radius 3 is 1.38 bits per heavy atom. The molecule has 11 nitrogen and oxygen atoms in total. The molecule has 0 rings (SSSR count). The molecule has 0 spiro atoms. The highest BCUT2D eigenvalue weighted by molar-refractivity contribution is 7.47. The summed E-state index contributed by atoms with van der Waals surface area (Å²) in [5.74, 6) is -1.31. The number of phosphoric acid groups is 1. The lowest BCUT2D eigenvalue weighted by atomic mass is 10.0. The predicted molar refractivity (Wildman–Crippen MR) is 210 cm³/mol. The van der Waals surface area contributed by atoms with Crippen molar-refractivity contribution in [1.29, 1.82) is 0 Å². The first-order valence-corrected chi connectivity index (χ1v) is 22.6. The molecule has 4 N–H and O–H groups in total. The van der Waals surface area contributed by atoms with Crippen LogP contribution in [-0.4, -0.2) is 61.3 Å². The molecule has 1 amide bonds. The number of nitrogens with one attached hydrogen (secondary N) is 1. The van der Waals surface area contributed by atoms with Gasteiger partial charge in [-0.3, -0.25) is 23.4 Å². The van der Waals surface area contributed by atoms with Gasteiger partial charge in [0.2, 0.25) is 5.91 Å². The van der Waals surface area contributed by atoms with Gasteiger partial charge >= 0.3 is 19.8 Å². The molecule has 0 radical (unpaired) electrons. The molecule has 0 aromatic carbocycles. The van der Waals surface area contributed by atoms with Gasteiger partial charge in [-0.15, -0.1) is 0 Å². The summed E-state index contributed by atoms with van der Waals surface area (Å²) in [4.78, 5) is 46.7. The van der Waals surface area contributed by atoms with Crippen LogP contribution in [0.4, 0.5) is 0 Å². The van der Waals surface area contributed by atoms with E-state index in [1.165, 1.54) is 129 Å². The Morgan fingerprint density at radius 1 is 0.596 bits per heavy atom. The lowest BCUT2D eigenvalue weighted by Gasteiger charge is -2.20. The summed E-state index contributed by atoms with van der Waals surface area (Å²) in [5, 5.41) is 2.47. The highest BCUT2D eigenvalue weighted by Gasteiger charge is 2.26. The fourth-order valence-electron chi connectivity index (χ4n) is 5.90. The van der Waals surface area contributed by atoms with Crippen molar-refractivity contribution in [3.05, 3.63) is 0 Å². The summed E-state index contributed by atoms with van der Waals surface area (Å²) >= 11 is 0. The Balaban J connectivity index is 4.44. The highest BCUT2D eigenvalue weighted by atomic mass is 31.2. The lowest BCUT2D eigenvalue weighted by Crippen LogP contribution is -2.39. The zero-order valence-corrected chi connectivity index (χ0v) is 34.4. The van der Waals surface area contributed by atoms with Crippen molar-refractivity contribution in [3.63, 3.8) is 0 Å². The van der Waals surface area contributed by atoms with Crippen LogP contribution >= 0.6 is 7.82 Å². The van der Waals surface area contributed by atoms with E-state index in [9.17, 15) is 23.8 Å². The first-order valence-electron chi connectivity index (χ1n) is 21.1. The molecule has 1 unspecified atom stereocenters. The number of rotatable bonds is 39. The van der Waals surface area contributed by atoms with E-state index in [0.717, 1.165) is 38.5 Å². The molecule has 12 heteroatoms. The average Bonchev–Trinajstić information content (AvgIpc) is 3.11. The van der Waals surface area contributed by atoms with Crippen molar-refractivity contribution in [3.8, 4) is 0 Å². The minimum absolute atomic E-state index is 0.0391. The van der Waals surface area contributed by atoms with Gasteiger partial charge in [-0.05, 0) is 19.8 Å². The van der Waals surface area contributed by atoms with Gasteiger partial charge in [0.1, 0.15) is 6.61 Å². The van der Waals surface area contributed by atoms with Crippen LogP contribution in [0.3, 0.4) is 0 Å². The first kappa shape index (κ1) is 50.5. The molecule has 0 saturated heterocycles. The molecule has 0 bridgehead atoms. The quantitative estimate of drug-likeness (QED) is 0.0312. The summed E-state index contributed by atoms with van der Waals surface area (Å²) < 4.78 is 33.3. The Kier molecular flexibility index (Phi) is 35.4. The maximum absolute atomic E-state index is 12.6. The molecule has 52 heavy (non-hydrogen) atoms. The van der Waals surface area contributed by atoms with Gasteiger partial charge in [0.25, 0.3) is 0 Å². The van der Waals surface area contributed by atoms with Crippen LogP contribution in [0.2, 0.25) is 0 Å². The number of carbonyl (C=O) groups excluding carboxylic acids is 3. The highest BCUT2D eigenvalue weighted by Crippen LogP contribution is 2.43. The molecule has 308 valence electrons. The minimum atomic E-state index is -4.53. The van der Waals surface area contributed by atoms with E-state index < -0.39 is 44.4 Å². The van der Waals surface area contributed by atoms with Gasteiger partial charge in [-0.1, -0.05) is 168 Å². The summed E-state index contributed by atoms with van der Waals surface area (Å²) in [6.07, 6.45) is 30.7. The summed E-state index contributed by atoms with van der Waals surface area (Å²) in [5.41, 5.74) is 5.48. The maximum atomic E-state index is 12.6. The molecule has 0 heterocycles. The van der Waals surface area contributed by atoms with Crippen LogP contribution in [0.15, 0.2) is 0 Å². The van der Waals surface area contributed by atoms with Crippen molar-refractivity contribution < 1.29 is 42.4 Å². The SMILES string of the molecule is CCCCCCCCCCCCCCCC(=O)OC[C@H](COP(=O)(O)OCCNC(=O)[C@@H](C)N)OC(=O)CCCCCCCCCCCCCCC. The zero-order chi connectivity index (χ0) is 38.5. The first-order chi connectivity index (χ1) is 25.1. The molecular formula is C40H79N2O9P. The zero-order valence-electron chi connectivity index (χ0n) is 33.5. The van der Waals surface area contributed by atoms with Crippen molar-refractivity contribution >= 4 is 25.7 Å². The van der Waals surface area contributed by atoms with E-state index in [1.807, 2.05) is 0 Å². The molecule has 3 atom stereocenters. The Hall–Kier alpha value is -1.52. The van der Waals surface area contributed by atoms with E-state index in [4.69, 9.17) is 24.3 Å². The average molecular weight is 763 g/mol. The van der Waals surface area contributed by atoms with E-state index in [-0.39, 0.29) is 32.6 Å². The van der Waals surface area contributed by atoms with Crippen LogP contribution < -0.4 is 11.1 Å². The lowest BCUT2D eigenvalue weighted by molar-refractivity contribution is -0.161. The Bertz CT molecular complexity index is 906.